The lowest BCUT2D eigenvalue weighted by Gasteiger charge is -2.17. The number of hydrogen-bond donors (Lipinski definition) is 0. The van der Waals surface area contributed by atoms with Gasteiger partial charge in [0.15, 0.2) is 0 Å². The highest BCUT2D eigenvalue weighted by Crippen LogP contribution is 2.47. The number of nitriles is 1. The van der Waals surface area contributed by atoms with Gasteiger partial charge in [-0.15, -0.1) is 0 Å². The van der Waals surface area contributed by atoms with Gasteiger partial charge in [-0.05, 0) is 62.1 Å². The van der Waals surface area contributed by atoms with Crippen LogP contribution in [0.3, 0.4) is 0 Å². The highest BCUT2D eigenvalue weighted by atomic mass is 16.5. The molecule has 1 saturated carbocycles. The first-order valence-electron chi connectivity index (χ1n) is 8.95. The Morgan fingerprint density at radius 1 is 1.38 bits per heavy atom. The summed E-state index contributed by atoms with van der Waals surface area (Å²) in [6, 6.07) is 2.26. The molecule has 1 aliphatic heterocycles. The molecule has 0 radical (unpaired) electrons. The lowest BCUT2D eigenvalue weighted by Crippen LogP contribution is -2.08. The fourth-order valence-electron chi connectivity index (χ4n) is 3.67. The van der Waals surface area contributed by atoms with Crippen molar-refractivity contribution in [1.82, 2.24) is 0 Å². The van der Waals surface area contributed by atoms with Crippen molar-refractivity contribution < 1.29 is 19.1 Å². The topological polar surface area (TPSA) is 76.4 Å². The van der Waals surface area contributed by atoms with Crippen molar-refractivity contribution in [1.29, 1.82) is 5.26 Å². The molecule has 0 bridgehead atoms. The summed E-state index contributed by atoms with van der Waals surface area (Å²) in [5.74, 6) is -0.151. The summed E-state index contributed by atoms with van der Waals surface area (Å²) in [7, 11) is 1.38. The molecule has 0 spiro atoms. The van der Waals surface area contributed by atoms with Gasteiger partial charge in [-0.1, -0.05) is 11.6 Å². The summed E-state index contributed by atoms with van der Waals surface area (Å²) in [4.78, 5) is 23.5. The number of cyclic esters (lactones) is 1. The molecule has 0 N–H and O–H groups in total. The zero-order valence-corrected chi connectivity index (χ0v) is 15.5. The lowest BCUT2D eigenvalue weighted by molar-refractivity contribution is -0.140. The fraction of sp³-hybridized carbons (Fsp3) is 0.476. The lowest BCUT2D eigenvalue weighted by atomic mass is 9.84. The van der Waals surface area contributed by atoms with Crippen molar-refractivity contribution in [2.45, 2.75) is 58.5 Å². The van der Waals surface area contributed by atoms with Gasteiger partial charge in [0, 0.05) is 12.0 Å². The van der Waals surface area contributed by atoms with Gasteiger partial charge in [0.1, 0.15) is 12.7 Å². The normalized spacial score (nSPS) is 16.1. The SMILES string of the molecule is COC(=O)CCC(C)=CCc1c(C#N)c2c(c(C)c1C1CC1)COC2=O. The van der Waals surface area contributed by atoms with E-state index in [0.717, 1.165) is 35.1 Å². The van der Waals surface area contributed by atoms with Gasteiger partial charge in [-0.2, -0.15) is 5.26 Å². The van der Waals surface area contributed by atoms with Gasteiger partial charge in [0.05, 0.1) is 18.2 Å². The van der Waals surface area contributed by atoms with Crippen molar-refractivity contribution in [3.05, 3.63) is 45.0 Å². The molecule has 3 rings (SSSR count). The van der Waals surface area contributed by atoms with Crippen LogP contribution in [0.2, 0.25) is 0 Å². The Morgan fingerprint density at radius 2 is 2.12 bits per heavy atom. The third-order valence-electron chi connectivity index (χ3n) is 5.29. The molecule has 1 fully saturated rings. The van der Waals surface area contributed by atoms with Gasteiger partial charge < -0.3 is 9.47 Å². The summed E-state index contributed by atoms with van der Waals surface area (Å²) in [5, 5.41) is 9.75. The molecular weight excluding hydrogens is 330 g/mol. The second kappa shape index (κ2) is 7.33. The van der Waals surface area contributed by atoms with Crippen LogP contribution >= 0.6 is 0 Å². The third kappa shape index (κ3) is 3.37. The molecule has 26 heavy (non-hydrogen) atoms. The van der Waals surface area contributed by atoms with E-state index in [-0.39, 0.29) is 12.6 Å². The molecule has 0 unspecified atom stereocenters. The Bertz CT molecular complexity index is 841. The Kier molecular flexibility index (Phi) is 5.13. The van der Waals surface area contributed by atoms with Gasteiger partial charge in [-0.25, -0.2) is 4.79 Å². The number of hydrogen-bond acceptors (Lipinski definition) is 5. The zero-order valence-electron chi connectivity index (χ0n) is 15.5. The van der Waals surface area contributed by atoms with E-state index in [1.54, 1.807) is 0 Å². The van der Waals surface area contributed by atoms with Crippen LogP contribution in [0.1, 0.15) is 76.7 Å². The molecule has 0 amide bonds. The van der Waals surface area contributed by atoms with Crippen LogP contribution in [0, 0.1) is 18.3 Å². The number of allylic oxidation sites excluding steroid dienone is 2. The van der Waals surface area contributed by atoms with E-state index >= 15 is 0 Å². The number of carbonyl (C=O) groups excluding carboxylic acids is 2. The minimum absolute atomic E-state index is 0.231. The van der Waals surface area contributed by atoms with Crippen molar-refractivity contribution in [3.8, 4) is 6.07 Å². The number of methoxy groups -OCH3 is 1. The molecule has 1 aromatic rings. The van der Waals surface area contributed by atoms with E-state index in [9.17, 15) is 14.9 Å². The maximum absolute atomic E-state index is 12.2. The third-order valence-corrected chi connectivity index (χ3v) is 5.29. The Labute approximate surface area is 153 Å². The summed E-state index contributed by atoms with van der Waals surface area (Å²) in [5.41, 5.74) is 6.13. The van der Waals surface area contributed by atoms with Crippen LogP contribution < -0.4 is 0 Å². The first kappa shape index (κ1) is 18.2. The first-order valence-corrected chi connectivity index (χ1v) is 8.95. The molecule has 1 aromatic carbocycles. The van der Waals surface area contributed by atoms with Gasteiger partial charge in [-0.3, -0.25) is 4.79 Å². The van der Waals surface area contributed by atoms with Gasteiger partial charge in [0.25, 0.3) is 0 Å². The van der Waals surface area contributed by atoms with Crippen molar-refractivity contribution >= 4 is 11.9 Å². The predicted octanol–water partition coefficient (Wildman–Crippen LogP) is 3.86. The van der Waals surface area contributed by atoms with Gasteiger partial charge >= 0.3 is 11.9 Å². The van der Waals surface area contributed by atoms with Gasteiger partial charge in [0.2, 0.25) is 0 Å². The van der Waals surface area contributed by atoms with Crippen LogP contribution in [0.15, 0.2) is 11.6 Å². The molecule has 5 heteroatoms. The molecule has 0 atom stereocenters. The Morgan fingerprint density at radius 3 is 2.73 bits per heavy atom. The summed E-state index contributed by atoms with van der Waals surface area (Å²) in [6.07, 6.45) is 5.85. The largest absolute Gasteiger partial charge is 0.469 e. The highest BCUT2D eigenvalue weighted by molar-refractivity contribution is 5.97. The molecular formula is C21H23NO4. The molecule has 5 nitrogen and oxygen atoms in total. The minimum atomic E-state index is -0.394. The number of nitrogens with zero attached hydrogens (tertiary/aromatic N) is 1. The minimum Gasteiger partial charge on any atom is -0.469 e. The molecule has 1 heterocycles. The van der Waals surface area contributed by atoms with Crippen LogP contribution in [0.4, 0.5) is 0 Å². The second-order valence-corrected chi connectivity index (χ2v) is 7.04. The number of rotatable bonds is 6. The van der Waals surface area contributed by atoms with E-state index in [4.69, 9.17) is 4.74 Å². The smallest absolute Gasteiger partial charge is 0.340 e. The van der Waals surface area contributed by atoms with Crippen LogP contribution in [0.5, 0.6) is 0 Å². The molecule has 136 valence electrons. The number of benzene rings is 1. The second-order valence-electron chi connectivity index (χ2n) is 7.04. The average molecular weight is 353 g/mol. The van der Waals surface area contributed by atoms with Crippen molar-refractivity contribution in [3.63, 3.8) is 0 Å². The summed E-state index contributed by atoms with van der Waals surface area (Å²) < 4.78 is 9.88. The molecule has 0 saturated heterocycles. The zero-order chi connectivity index (χ0) is 18.8. The fourth-order valence-corrected chi connectivity index (χ4v) is 3.67. The predicted molar refractivity (Wildman–Crippen MR) is 95.7 cm³/mol. The number of ether oxygens (including phenoxy) is 2. The monoisotopic (exact) mass is 353 g/mol. The Hall–Kier alpha value is -2.61. The van der Waals surface area contributed by atoms with Crippen LogP contribution in [-0.4, -0.2) is 19.0 Å². The molecule has 0 aromatic heterocycles. The van der Waals surface area contributed by atoms with Crippen molar-refractivity contribution in [2.24, 2.45) is 0 Å². The summed E-state index contributed by atoms with van der Waals surface area (Å²) >= 11 is 0. The van der Waals surface area contributed by atoms with Crippen LogP contribution in [0.25, 0.3) is 0 Å². The number of carbonyl (C=O) groups is 2. The van der Waals surface area contributed by atoms with E-state index in [2.05, 4.69) is 16.9 Å². The first-order chi connectivity index (χ1) is 12.5. The maximum atomic E-state index is 12.2. The van der Waals surface area contributed by atoms with E-state index < -0.39 is 5.97 Å². The van der Waals surface area contributed by atoms with Crippen LogP contribution in [-0.2, 0) is 27.3 Å². The molecule has 2 aliphatic rings. The van der Waals surface area contributed by atoms with E-state index in [1.807, 2.05) is 13.8 Å². The van der Waals surface area contributed by atoms with E-state index in [1.165, 1.54) is 12.7 Å². The highest BCUT2D eigenvalue weighted by Gasteiger charge is 2.36. The standard InChI is InChI=1S/C21H23NO4/c1-12(5-9-18(23)25-3)4-8-15-16(10-22)20-17(11-26-21(20)24)13(2)19(15)14-6-7-14/h4,14H,5-9,11H2,1-3H3. The van der Waals surface area contributed by atoms with Crippen molar-refractivity contribution in [2.75, 3.05) is 7.11 Å². The molecule has 1 aliphatic carbocycles. The number of fused-ring (bicyclic) bond motifs is 1. The quantitative estimate of drug-likeness (QED) is 0.573. The Balaban J connectivity index is 1.97. The van der Waals surface area contributed by atoms with E-state index in [0.29, 0.717) is 36.3 Å². The average Bonchev–Trinajstić information content (AvgIpc) is 3.40. The number of esters is 2. The maximum Gasteiger partial charge on any atom is 0.340 e. The summed E-state index contributed by atoms with van der Waals surface area (Å²) in [6.45, 7) is 4.27.